The molecular weight excluding hydrogens is 480 g/mol. The molecule has 0 saturated carbocycles. The summed E-state index contributed by atoms with van der Waals surface area (Å²) in [7, 11) is 1.66. The second-order valence-electron chi connectivity index (χ2n) is 7.54. The van der Waals surface area contributed by atoms with E-state index in [1.165, 1.54) is 0 Å². The Bertz CT molecular complexity index is 1400. The molecule has 0 atom stereocenters. The molecule has 1 N–H and O–H groups in total. The maximum atomic E-state index is 12.4. The lowest BCUT2D eigenvalue weighted by molar-refractivity contribution is 0.0948. The molecule has 35 heavy (non-hydrogen) atoms. The molecule has 0 aliphatic rings. The van der Waals surface area contributed by atoms with E-state index in [1.54, 1.807) is 42.5 Å². The van der Waals surface area contributed by atoms with Crippen molar-refractivity contribution < 1.29 is 13.9 Å². The largest absolute Gasteiger partial charge is 0.495 e. The Labute approximate surface area is 210 Å². The number of rotatable bonds is 9. The lowest BCUT2D eigenvalue weighted by Crippen LogP contribution is -2.22. The molecule has 9 heteroatoms. The summed E-state index contributed by atoms with van der Waals surface area (Å²) in [5.41, 5.74) is 2.56. The van der Waals surface area contributed by atoms with E-state index < -0.39 is 0 Å². The molecule has 0 radical (unpaired) electrons. The Morgan fingerprint density at radius 3 is 2.66 bits per heavy atom. The molecule has 5 aromatic rings. The third-order valence-electron chi connectivity index (χ3n) is 5.29. The normalized spacial score (nSPS) is 10.9. The van der Waals surface area contributed by atoms with Crippen molar-refractivity contribution in [2.24, 2.45) is 0 Å². The smallest absolute Gasteiger partial charge is 0.251 e. The topological polar surface area (TPSA) is 82.2 Å². The van der Waals surface area contributed by atoms with E-state index >= 15 is 0 Å². The van der Waals surface area contributed by atoms with E-state index in [-0.39, 0.29) is 5.91 Å². The number of para-hydroxylation sites is 2. The summed E-state index contributed by atoms with van der Waals surface area (Å²) in [4.78, 5) is 13.4. The van der Waals surface area contributed by atoms with Gasteiger partial charge in [0.25, 0.3) is 5.91 Å². The summed E-state index contributed by atoms with van der Waals surface area (Å²) >= 11 is 3.20. The highest BCUT2D eigenvalue weighted by Gasteiger charge is 2.19. The molecule has 0 fully saturated rings. The maximum Gasteiger partial charge on any atom is 0.251 e. The third-order valence-corrected chi connectivity index (χ3v) is 7.15. The first-order chi connectivity index (χ1) is 17.2. The highest BCUT2D eigenvalue weighted by atomic mass is 32.2. The van der Waals surface area contributed by atoms with Crippen LogP contribution in [0.3, 0.4) is 0 Å². The standard InChI is InChI=1S/C26H22N4O3S2/c1-32-22-8-3-2-7-21(22)30-24(23-9-5-15-34-23)28-29-26(30)35-17-18-10-12-19(13-11-18)25(31)27-16-20-6-4-14-33-20/h2-15H,16-17H2,1H3,(H,27,31). The summed E-state index contributed by atoms with van der Waals surface area (Å²) in [6.45, 7) is 0.356. The summed E-state index contributed by atoms with van der Waals surface area (Å²) in [5.74, 6) is 2.77. The lowest BCUT2D eigenvalue weighted by atomic mass is 10.1. The molecule has 3 aromatic heterocycles. The fourth-order valence-electron chi connectivity index (χ4n) is 3.54. The predicted molar refractivity (Wildman–Crippen MR) is 137 cm³/mol. The molecule has 0 unspecified atom stereocenters. The summed E-state index contributed by atoms with van der Waals surface area (Å²) < 4.78 is 12.9. The minimum absolute atomic E-state index is 0.142. The summed E-state index contributed by atoms with van der Waals surface area (Å²) in [6.07, 6.45) is 1.59. The number of furan rings is 1. The van der Waals surface area contributed by atoms with Crippen molar-refractivity contribution in [2.45, 2.75) is 17.5 Å². The van der Waals surface area contributed by atoms with Gasteiger partial charge in [0.2, 0.25) is 0 Å². The maximum absolute atomic E-state index is 12.4. The summed E-state index contributed by atoms with van der Waals surface area (Å²) in [6, 6.07) is 23.1. The van der Waals surface area contributed by atoms with E-state index in [9.17, 15) is 4.79 Å². The van der Waals surface area contributed by atoms with Gasteiger partial charge in [0.1, 0.15) is 11.5 Å². The molecule has 0 spiro atoms. The fourth-order valence-corrected chi connectivity index (χ4v) is 5.14. The Morgan fingerprint density at radius 1 is 1.06 bits per heavy atom. The zero-order valence-corrected chi connectivity index (χ0v) is 20.5. The molecule has 7 nitrogen and oxygen atoms in total. The molecule has 5 rings (SSSR count). The van der Waals surface area contributed by atoms with Crippen LogP contribution in [0.4, 0.5) is 0 Å². The SMILES string of the molecule is COc1ccccc1-n1c(SCc2ccc(C(=O)NCc3ccco3)cc2)nnc1-c1cccs1. The Kier molecular flexibility index (Phi) is 6.97. The van der Waals surface area contributed by atoms with Gasteiger partial charge >= 0.3 is 0 Å². The Hall–Kier alpha value is -3.82. The number of nitrogens with one attached hydrogen (secondary N) is 1. The molecule has 0 bridgehead atoms. The second kappa shape index (κ2) is 10.6. The minimum atomic E-state index is -0.142. The molecule has 0 aliphatic heterocycles. The molecule has 1 amide bonds. The van der Waals surface area contributed by atoms with Gasteiger partial charge in [-0.15, -0.1) is 21.5 Å². The van der Waals surface area contributed by atoms with Crippen molar-refractivity contribution in [3.05, 3.63) is 101 Å². The number of thiophene rings is 1. The van der Waals surface area contributed by atoms with Crippen LogP contribution in [-0.4, -0.2) is 27.8 Å². The molecule has 0 saturated heterocycles. The number of carbonyl (C=O) groups excluding carboxylic acids is 1. The van der Waals surface area contributed by atoms with Gasteiger partial charge in [-0.2, -0.15) is 0 Å². The Morgan fingerprint density at radius 2 is 1.91 bits per heavy atom. The number of hydrogen-bond donors (Lipinski definition) is 1. The van der Waals surface area contributed by atoms with E-state index in [2.05, 4.69) is 15.5 Å². The zero-order valence-electron chi connectivity index (χ0n) is 18.9. The van der Waals surface area contributed by atoms with Crippen molar-refractivity contribution >= 4 is 29.0 Å². The lowest BCUT2D eigenvalue weighted by Gasteiger charge is -2.13. The van der Waals surface area contributed by atoms with Crippen LogP contribution in [0, 0.1) is 0 Å². The Balaban J connectivity index is 1.33. The highest BCUT2D eigenvalue weighted by Crippen LogP contribution is 2.35. The van der Waals surface area contributed by atoms with Crippen molar-refractivity contribution in [3.63, 3.8) is 0 Å². The average Bonchev–Trinajstić information content (AvgIpc) is 3.68. The number of aromatic nitrogens is 3. The first-order valence-corrected chi connectivity index (χ1v) is 12.7. The van der Waals surface area contributed by atoms with Crippen molar-refractivity contribution in [1.29, 1.82) is 0 Å². The molecule has 176 valence electrons. The third kappa shape index (κ3) is 5.16. The average molecular weight is 503 g/mol. The predicted octanol–water partition coefficient (Wildman–Crippen LogP) is 5.82. The molecule has 0 aliphatic carbocycles. The van der Waals surface area contributed by atoms with E-state index in [0.717, 1.165) is 32.9 Å². The van der Waals surface area contributed by atoms with Crippen LogP contribution in [0.25, 0.3) is 16.4 Å². The quantitative estimate of drug-likeness (QED) is 0.256. The number of amides is 1. The van der Waals surface area contributed by atoms with E-state index in [0.29, 0.717) is 23.6 Å². The van der Waals surface area contributed by atoms with Gasteiger partial charge in [0, 0.05) is 11.3 Å². The molecule has 2 aromatic carbocycles. The number of ether oxygens (including phenoxy) is 1. The summed E-state index contributed by atoms with van der Waals surface area (Å²) in [5, 5.41) is 14.6. The van der Waals surface area contributed by atoms with Gasteiger partial charge in [0.05, 0.1) is 30.5 Å². The van der Waals surface area contributed by atoms with Crippen LogP contribution in [0.5, 0.6) is 5.75 Å². The second-order valence-corrected chi connectivity index (χ2v) is 9.43. The van der Waals surface area contributed by atoms with Gasteiger partial charge in [-0.3, -0.25) is 9.36 Å². The number of carbonyl (C=O) groups is 1. The number of methoxy groups -OCH3 is 1. The van der Waals surface area contributed by atoms with Gasteiger partial charge in [-0.1, -0.05) is 42.1 Å². The number of hydrogen-bond acceptors (Lipinski definition) is 7. The van der Waals surface area contributed by atoms with Crippen LogP contribution in [0.2, 0.25) is 0 Å². The first kappa shape index (κ1) is 22.9. The van der Waals surface area contributed by atoms with Crippen LogP contribution in [0.1, 0.15) is 21.7 Å². The van der Waals surface area contributed by atoms with Gasteiger partial charge < -0.3 is 14.5 Å². The fraction of sp³-hybridized carbons (Fsp3) is 0.115. The van der Waals surface area contributed by atoms with Crippen molar-refractivity contribution in [3.8, 4) is 22.1 Å². The number of benzene rings is 2. The van der Waals surface area contributed by atoms with Gasteiger partial charge in [-0.25, -0.2) is 0 Å². The monoisotopic (exact) mass is 502 g/mol. The number of thioether (sulfide) groups is 1. The molecular formula is C26H22N4O3S2. The van der Waals surface area contributed by atoms with Crippen LogP contribution in [-0.2, 0) is 12.3 Å². The van der Waals surface area contributed by atoms with Gasteiger partial charge in [0.15, 0.2) is 11.0 Å². The molecule has 3 heterocycles. The van der Waals surface area contributed by atoms with E-state index in [4.69, 9.17) is 9.15 Å². The zero-order chi connectivity index (χ0) is 24.0. The highest BCUT2D eigenvalue weighted by molar-refractivity contribution is 7.98. The van der Waals surface area contributed by atoms with Crippen molar-refractivity contribution in [1.82, 2.24) is 20.1 Å². The van der Waals surface area contributed by atoms with Crippen molar-refractivity contribution in [2.75, 3.05) is 7.11 Å². The van der Waals surface area contributed by atoms with Gasteiger partial charge in [-0.05, 0) is 53.4 Å². The minimum Gasteiger partial charge on any atom is -0.495 e. The van der Waals surface area contributed by atoms with Crippen LogP contribution in [0.15, 0.2) is 94.0 Å². The number of nitrogens with zero attached hydrogens (tertiary/aromatic N) is 3. The van der Waals surface area contributed by atoms with E-state index in [1.807, 2.05) is 76.7 Å². The van der Waals surface area contributed by atoms with Crippen LogP contribution < -0.4 is 10.1 Å². The first-order valence-electron chi connectivity index (χ1n) is 10.9. The van der Waals surface area contributed by atoms with Crippen LogP contribution >= 0.6 is 23.1 Å².